The van der Waals surface area contributed by atoms with Crippen LogP contribution in [0.15, 0.2) is 35.3 Å². The molecule has 0 amide bonds. The van der Waals surface area contributed by atoms with Crippen LogP contribution in [0.2, 0.25) is 0 Å². The van der Waals surface area contributed by atoms with Crippen molar-refractivity contribution < 1.29 is 0 Å². The van der Waals surface area contributed by atoms with E-state index in [9.17, 15) is 0 Å². The van der Waals surface area contributed by atoms with Gasteiger partial charge in [0.05, 0.1) is 0 Å². The average Bonchev–Trinajstić information content (AvgIpc) is 2.29. The minimum Gasteiger partial charge on any atom is -0.353 e. The van der Waals surface area contributed by atoms with Crippen molar-refractivity contribution in [2.45, 2.75) is 26.3 Å². The van der Waals surface area contributed by atoms with Gasteiger partial charge in [0, 0.05) is 12.6 Å². The maximum Gasteiger partial charge on any atom is 0.205 e. The fraction of sp³-hybridized carbons (Fsp3) is 0.417. The number of nitrogens with two attached hydrogens (primary N) is 1. The molecule has 0 radical (unpaired) electrons. The number of hydrogen-bond acceptors (Lipinski definition) is 2. The SMILES string of the molecule is CCN=C(NN)NC(C)Cc1ccccc1. The van der Waals surface area contributed by atoms with E-state index in [0.29, 0.717) is 18.5 Å². The van der Waals surface area contributed by atoms with Crippen LogP contribution in [0.5, 0.6) is 0 Å². The number of hydrazine groups is 1. The van der Waals surface area contributed by atoms with Crippen molar-refractivity contribution >= 4 is 5.96 Å². The van der Waals surface area contributed by atoms with E-state index in [4.69, 9.17) is 5.84 Å². The van der Waals surface area contributed by atoms with Gasteiger partial charge in [-0.05, 0) is 25.8 Å². The first-order chi connectivity index (χ1) is 7.76. The van der Waals surface area contributed by atoms with Crippen molar-refractivity contribution in [3.05, 3.63) is 35.9 Å². The monoisotopic (exact) mass is 220 g/mol. The molecule has 4 N–H and O–H groups in total. The van der Waals surface area contributed by atoms with Gasteiger partial charge in [-0.3, -0.25) is 10.4 Å². The number of nitrogens with one attached hydrogen (secondary N) is 2. The molecule has 0 aliphatic heterocycles. The molecule has 1 rings (SSSR count). The summed E-state index contributed by atoms with van der Waals surface area (Å²) in [5.41, 5.74) is 3.86. The summed E-state index contributed by atoms with van der Waals surface area (Å²) in [7, 11) is 0. The van der Waals surface area contributed by atoms with Crippen LogP contribution < -0.4 is 16.6 Å². The lowest BCUT2D eigenvalue weighted by Crippen LogP contribution is -2.46. The second-order valence-electron chi connectivity index (χ2n) is 3.70. The molecule has 1 aromatic rings. The second-order valence-corrected chi connectivity index (χ2v) is 3.70. The number of guanidine groups is 1. The Morgan fingerprint density at radius 1 is 1.38 bits per heavy atom. The zero-order valence-corrected chi connectivity index (χ0v) is 9.90. The smallest absolute Gasteiger partial charge is 0.205 e. The average molecular weight is 220 g/mol. The molecule has 0 saturated heterocycles. The van der Waals surface area contributed by atoms with Crippen molar-refractivity contribution in [1.29, 1.82) is 0 Å². The highest BCUT2D eigenvalue weighted by Gasteiger charge is 2.04. The third-order valence-corrected chi connectivity index (χ3v) is 2.22. The number of hydrogen-bond donors (Lipinski definition) is 3. The van der Waals surface area contributed by atoms with Crippen LogP contribution >= 0.6 is 0 Å². The predicted octanol–water partition coefficient (Wildman–Crippen LogP) is 1.05. The van der Waals surface area contributed by atoms with Crippen molar-refractivity contribution in [3.63, 3.8) is 0 Å². The second kappa shape index (κ2) is 6.85. The van der Waals surface area contributed by atoms with Gasteiger partial charge in [0.15, 0.2) is 0 Å². The van der Waals surface area contributed by atoms with Crippen molar-refractivity contribution in [2.75, 3.05) is 6.54 Å². The third kappa shape index (κ3) is 4.31. The Kier molecular flexibility index (Phi) is 5.36. The first kappa shape index (κ1) is 12.5. The van der Waals surface area contributed by atoms with E-state index in [2.05, 4.69) is 34.8 Å². The topological polar surface area (TPSA) is 62.4 Å². The lowest BCUT2D eigenvalue weighted by Gasteiger charge is -2.16. The number of nitrogens with zero attached hydrogens (tertiary/aromatic N) is 1. The van der Waals surface area contributed by atoms with Crippen LogP contribution in [0.4, 0.5) is 0 Å². The first-order valence-corrected chi connectivity index (χ1v) is 5.57. The van der Waals surface area contributed by atoms with E-state index in [1.807, 2.05) is 25.1 Å². The Balaban J connectivity index is 2.47. The zero-order valence-electron chi connectivity index (χ0n) is 9.90. The van der Waals surface area contributed by atoms with Crippen LogP contribution in [-0.2, 0) is 6.42 Å². The van der Waals surface area contributed by atoms with Gasteiger partial charge in [-0.1, -0.05) is 30.3 Å². The van der Waals surface area contributed by atoms with Gasteiger partial charge in [-0.15, -0.1) is 0 Å². The molecular weight excluding hydrogens is 200 g/mol. The molecule has 1 atom stereocenters. The van der Waals surface area contributed by atoms with Crippen molar-refractivity contribution in [3.8, 4) is 0 Å². The largest absolute Gasteiger partial charge is 0.353 e. The summed E-state index contributed by atoms with van der Waals surface area (Å²) in [5.74, 6) is 6.00. The molecule has 0 aromatic heterocycles. The lowest BCUT2D eigenvalue weighted by molar-refractivity contribution is 0.642. The van der Waals surface area contributed by atoms with Crippen LogP contribution in [0.1, 0.15) is 19.4 Å². The van der Waals surface area contributed by atoms with E-state index in [1.165, 1.54) is 5.56 Å². The maximum atomic E-state index is 5.36. The summed E-state index contributed by atoms with van der Waals surface area (Å²) in [6.07, 6.45) is 0.950. The Morgan fingerprint density at radius 2 is 2.06 bits per heavy atom. The summed E-state index contributed by atoms with van der Waals surface area (Å²) in [5, 5.41) is 3.23. The zero-order chi connectivity index (χ0) is 11.8. The van der Waals surface area contributed by atoms with Crippen LogP contribution in [0.3, 0.4) is 0 Å². The quantitative estimate of drug-likeness (QED) is 0.307. The molecule has 1 aromatic carbocycles. The summed E-state index contributed by atoms with van der Waals surface area (Å²) in [6.45, 7) is 4.79. The van der Waals surface area contributed by atoms with Gasteiger partial charge in [-0.25, -0.2) is 5.84 Å². The van der Waals surface area contributed by atoms with E-state index >= 15 is 0 Å². The standard InChI is InChI=1S/C12H20N4/c1-3-14-12(16-13)15-10(2)9-11-7-5-4-6-8-11/h4-8,10H,3,9,13H2,1-2H3,(H2,14,15,16). The third-order valence-electron chi connectivity index (χ3n) is 2.22. The Hall–Kier alpha value is -1.55. The van der Waals surface area contributed by atoms with E-state index in [1.54, 1.807) is 0 Å². The Labute approximate surface area is 96.9 Å². The molecule has 1 unspecified atom stereocenters. The molecule has 0 aliphatic rings. The van der Waals surface area contributed by atoms with E-state index < -0.39 is 0 Å². The summed E-state index contributed by atoms with van der Waals surface area (Å²) < 4.78 is 0. The molecule has 0 spiro atoms. The first-order valence-electron chi connectivity index (χ1n) is 5.57. The van der Waals surface area contributed by atoms with Crippen molar-refractivity contribution in [1.82, 2.24) is 10.7 Å². The van der Waals surface area contributed by atoms with Crippen LogP contribution in [-0.4, -0.2) is 18.5 Å². The lowest BCUT2D eigenvalue weighted by atomic mass is 10.1. The Bertz CT molecular complexity index is 321. The van der Waals surface area contributed by atoms with Gasteiger partial charge in [0.1, 0.15) is 0 Å². The predicted molar refractivity (Wildman–Crippen MR) is 68.0 cm³/mol. The molecule has 4 nitrogen and oxygen atoms in total. The van der Waals surface area contributed by atoms with Gasteiger partial charge in [-0.2, -0.15) is 0 Å². The highest BCUT2D eigenvalue weighted by Crippen LogP contribution is 2.02. The molecular formula is C12H20N4. The molecule has 16 heavy (non-hydrogen) atoms. The Morgan fingerprint density at radius 3 is 2.62 bits per heavy atom. The van der Waals surface area contributed by atoms with E-state index in [-0.39, 0.29) is 0 Å². The molecule has 0 heterocycles. The fourth-order valence-electron chi connectivity index (χ4n) is 1.54. The van der Waals surface area contributed by atoms with Gasteiger partial charge in [0.25, 0.3) is 0 Å². The van der Waals surface area contributed by atoms with Gasteiger partial charge >= 0.3 is 0 Å². The molecule has 0 saturated carbocycles. The van der Waals surface area contributed by atoms with E-state index in [0.717, 1.165) is 6.42 Å². The summed E-state index contributed by atoms with van der Waals surface area (Å²) >= 11 is 0. The molecule has 0 bridgehead atoms. The minimum atomic E-state index is 0.295. The highest BCUT2D eigenvalue weighted by molar-refractivity contribution is 5.79. The number of rotatable bonds is 4. The van der Waals surface area contributed by atoms with Crippen LogP contribution in [0, 0.1) is 0 Å². The molecule has 0 fully saturated rings. The number of aliphatic imine (C=N–C) groups is 1. The fourth-order valence-corrected chi connectivity index (χ4v) is 1.54. The molecule has 0 aliphatic carbocycles. The normalized spacial score (nSPS) is 13.3. The highest BCUT2D eigenvalue weighted by atomic mass is 15.3. The molecule has 88 valence electrons. The van der Waals surface area contributed by atoms with Gasteiger partial charge < -0.3 is 5.32 Å². The number of benzene rings is 1. The van der Waals surface area contributed by atoms with Crippen molar-refractivity contribution in [2.24, 2.45) is 10.8 Å². The summed E-state index contributed by atoms with van der Waals surface area (Å²) in [4.78, 5) is 4.19. The molecule has 4 heteroatoms. The maximum absolute atomic E-state index is 5.36. The van der Waals surface area contributed by atoms with Crippen LogP contribution in [0.25, 0.3) is 0 Å². The van der Waals surface area contributed by atoms with Gasteiger partial charge in [0.2, 0.25) is 5.96 Å². The minimum absolute atomic E-state index is 0.295. The summed E-state index contributed by atoms with van der Waals surface area (Å²) in [6, 6.07) is 10.6.